The normalized spacial score (nSPS) is 12.6. The van der Waals surface area contributed by atoms with Crippen LogP contribution in [0.4, 0.5) is 0 Å². The van der Waals surface area contributed by atoms with Gasteiger partial charge in [-0.25, -0.2) is 15.0 Å². The van der Waals surface area contributed by atoms with Crippen LogP contribution in [0.25, 0.3) is 22.4 Å². The van der Waals surface area contributed by atoms with Crippen LogP contribution in [0.3, 0.4) is 0 Å². The molecule has 0 aliphatic carbocycles. The van der Waals surface area contributed by atoms with E-state index in [1.807, 2.05) is 43.3 Å². The number of fused-ring (bicyclic) bond motifs is 1. The van der Waals surface area contributed by atoms with Gasteiger partial charge in [-0.1, -0.05) is 24.3 Å². The Kier molecular flexibility index (Phi) is 3.16. The predicted molar refractivity (Wildman–Crippen MR) is 78.1 cm³/mol. The lowest BCUT2D eigenvalue weighted by Crippen LogP contribution is -2.02. The van der Waals surface area contributed by atoms with Crippen molar-refractivity contribution < 1.29 is 5.11 Å². The fourth-order valence-corrected chi connectivity index (χ4v) is 2.20. The average Bonchev–Trinajstić information content (AvgIpc) is 2.46. The van der Waals surface area contributed by atoms with Crippen molar-refractivity contribution in [3.05, 3.63) is 53.9 Å². The zero-order valence-electron chi connectivity index (χ0n) is 11.4. The molecule has 100 valence electrons. The van der Waals surface area contributed by atoms with Crippen molar-refractivity contribution >= 4 is 10.9 Å². The minimum atomic E-state index is -0.561. The van der Waals surface area contributed by atoms with E-state index in [1.54, 1.807) is 13.1 Å². The standard InChI is InChI=1S/C16H15N3O/c1-10-13(11(2)20)9-17-16(18-10)15-8-7-12-5-3-4-6-14(12)19-15/h3-9,11,20H,1-2H3. The van der Waals surface area contributed by atoms with Crippen molar-refractivity contribution in [1.82, 2.24) is 15.0 Å². The van der Waals surface area contributed by atoms with Gasteiger partial charge < -0.3 is 5.11 Å². The summed E-state index contributed by atoms with van der Waals surface area (Å²) < 4.78 is 0. The number of benzene rings is 1. The van der Waals surface area contributed by atoms with Gasteiger partial charge in [0.25, 0.3) is 0 Å². The van der Waals surface area contributed by atoms with Crippen LogP contribution in [0.2, 0.25) is 0 Å². The van der Waals surface area contributed by atoms with E-state index in [4.69, 9.17) is 0 Å². The second kappa shape index (κ2) is 4.98. The molecular formula is C16H15N3O. The van der Waals surface area contributed by atoms with Gasteiger partial charge in [0.15, 0.2) is 5.82 Å². The van der Waals surface area contributed by atoms with Crippen LogP contribution in [-0.2, 0) is 0 Å². The van der Waals surface area contributed by atoms with Crippen molar-refractivity contribution in [2.75, 3.05) is 0 Å². The summed E-state index contributed by atoms with van der Waals surface area (Å²) in [6.07, 6.45) is 1.10. The monoisotopic (exact) mass is 265 g/mol. The van der Waals surface area contributed by atoms with Crippen molar-refractivity contribution in [3.8, 4) is 11.5 Å². The molecule has 0 spiro atoms. The third-order valence-electron chi connectivity index (χ3n) is 3.29. The van der Waals surface area contributed by atoms with Gasteiger partial charge >= 0.3 is 0 Å². The summed E-state index contributed by atoms with van der Waals surface area (Å²) in [7, 11) is 0. The number of aliphatic hydroxyl groups is 1. The molecule has 4 nitrogen and oxygen atoms in total. The third-order valence-corrected chi connectivity index (χ3v) is 3.29. The molecule has 0 fully saturated rings. The highest BCUT2D eigenvalue weighted by molar-refractivity contribution is 5.80. The molecule has 20 heavy (non-hydrogen) atoms. The van der Waals surface area contributed by atoms with Gasteiger partial charge in [-0.2, -0.15) is 0 Å². The van der Waals surface area contributed by atoms with Crippen LogP contribution in [-0.4, -0.2) is 20.1 Å². The minimum absolute atomic E-state index is 0.561. The Morgan fingerprint density at radius 1 is 1.05 bits per heavy atom. The van der Waals surface area contributed by atoms with Gasteiger partial charge in [0.2, 0.25) is 0 Å². The summed E-state index contributed by atoms with van der Waals surface area (Å²) in [5, 5.41) is 10.7. The zero-order chi connectivity index (χ0) is 14.1. The zero-order valence-corrected chi connectivity index (χ0v) is 11.4. The van der Waals surface area contributed by atoms with Gasteiger partial charge in [0, 0.05) is 22.8 Å². The molecule has 0 bridgehead atoms. The maximum absolute atomic E-state index is 9.61. The molecule has 3 aromatic rings. The van der Waals surface area contributed by atoms with E-state index in [-0.39, 0.29) is 0 Å². The van der Waals surface area contributed by atoms with Crippen LogP contribution >= 0.6 is 0 Å². The summed E-state index contributed by atoms with van der Waals surface area (Å²) in [6, 6.07) is 11.9. The van der Waals surface area contributed by atoms with Crippen LogP contribution in [0.5, 0.6) is 0 Å². The van der Waals surface area contributed by atoms with Crippen LogP contribution in [0, 0.1) is 6.92 Å². The smallest absolute Gasteiger partial charge is 0.178 e. The Hall–Kier alpha value is -2.33. The van der Waals surface area contributed by atoms with E-state index in [2.05, 4.69) is 15.0 Å². The van der Waals surface area contributed by atoms with E-state index >= 15 is 0 Å². The number of hydrogen-bond acceptors (Lipinski definition) is 4. The number of rotatable bonds is 2. The summed E-state index contributed by atoms with van der Waals surface area (Å²) in [4.78, 5) is 13.3. The highest BCUT2D eigenvalue weighted by atomic mass is 16.3. The van der Waals surface area contributed by atoms with E-state index in [1.165, 1.54) is 0 Å². The maximum atomic E-state index is 9.61. The summed E-state index contributed by atoms with van der Waals surface area (Å²) in [6.45, 7) is 3.58. The highest BCUT2D eigenvalue weighted by Crippen LogP contribution is 2.20. The van der Waals surface area contributed by atoms with Gasteiger partial charge in [0.05, 0.1) is 11.6 Å². The SMILES string of the molecule is Cc1nc(-c2ccc3ccccc3n2)ncc1C(C)O. The lowest BCUT2D eigenvalue weighted by Gasteiger charge is -2.09. The molecule has 1 atom stereocenters. The number of aryl methyl sites for hydroxylation is 1. The molecule has 4 heteroatoms. The van der Waals surface area contributed by atoms with Gasteiger partial charge in [-0.05, 0) is 26.0 Å². The molecular weight excluding hydrogens is 250 g/mol. The topological polar surface area (TPSA) is 58.9 Å². The van der Waals surface area contributed by atoms with Gasteiger partial charge in [0.1, 0.15) is 5.69 Å². The van der Waals surface area contributed by atoms with Gasteiger partial charge in [-0.15, -0.1) is 0 Å². The molecule has 1 aromatic carbocycles. The fraction of sp³-hybridized carbons (Fsp3) is 0.188. The molecule has 0 saturated carbocycles. The van der Waals surface area contributed by atoms with Crippen LogP contribution in [0.1, 0.15) is 24.3 Å². The first-order valence-electron chi connectivity index (χ1n) is 6.53. The first kappa shape index (κ1) is 12.7. The Morgan fingerprint density at radius 3 is 2.60 bits per heavy atom. The van der Waals surface area contributed by atoms with Gasteiger partial charge in [-0.3, -0.25) is 0 Å². The quantitative estimate of drug-likeness (QED) is 0.773. The fourth-order valence-electron chi connectivity index (χ4n) is 2.20. The molecule has 2 heterocycles. The molecule has 1 N–H and O–H groups in total. The van der Waals surface area contributed by atoms with Crippen molar-refractivity contribution in [3.63, 3.8) is 0 Å². The number of hydrogen-bond donors (Lipinski definition) is 1. The van der Waals surface area contributed by atoms with E-state index in [9.17, 15) is 5.11 Å². The maximum Gasteiger partial charge on any atom is 0.178 e. The molecule has 1 unspecified atom stereocenters. The minimum Gasteiger partial charge on any atom is -0.389 e. The Bertz CT molecular complexity index is 769. The Balaban J connectivity index is 2.08. The van der Waals surface area contributed by atoms with Crippen molar-refractivity contribution in [1.29, 1.82) is 0 Å². The number of pyridine rings is 1. The highest BCUT2D eigenvalue weighted by Gasteiger charge is 2.10. The molecule has 0 amide bonds. The van der Waals surface area contributed by atoms with E-state index in [0.717, 1.165) is 27.9 Å². The second-order valence-electron chi connectivity index (χ2n) is 4.80. The van der Waals surface area contributed by atoms with Crippen LogP contribution in [0.15, 0.2) is 42.6 Å². The largest absolute Gasteiger partial charge is 0.389 e. The molecule has 0 aliphatic rings. The number of aliphatic hydroxyl groups excluding tert-OH is 1. The van der Waals surface area contributed by atoms with Crippen LogP contribution < -0.4 is 0 Å². The van der Waals surface area contributed by atoms with E-state index in [0.29, 0.717) is 5.82 Å². The molecule has 3 rings (SSSR count). The van der Waals surface area contributed by atoms with Crippen molar-refractivity contribution in [2.45, 2.75) is 20.0 Å². The first-order chi connectivity index (χ1) is 9.65. The third kappa shape index (κ3) is 2.26. The number of aromatic nitrogens is 3. The Labute approximate surface area is 117 Å². The van der Waals surface area contributed by atoms with E-state index < -0.39 is 6.10 Å². The Morgan fingerprint density at radius 2 is 1.85 bits per heavy atom. The first-order valence-corrected chi connectivity index (χ1v) is 6.53. The summed E-state index contributed by atoms with van der Waals surface area (Å²) >= 11 is 0. The molecule has 0 aliphatic heterocycles. The van der Waals surface area contributed by atoms with Crippen molar-refractivity contribution in [2.24, 2.45) is 0 Å². The lowest BCUT2D eigenvalue weighted by molar-refractivity contribution is 0.197. The predicted octanol–water partition coefficient (Wildman–Crippen LogP) is 3.05. The molecule has 0 radical (unpaired) electrons. The number of para-hydroxylation sites is 1. The molecule has 2 aromatic heterocycles. The molecule has 0 saturated heterocycles. The summed E-state index contributed by atoms with van der Waals surface area (Å²) in [5.74, 6) is 0.581. The lowest BCUT2D eigenvalue weighted by atomic mass is 10.1. The number of nitrogens with zero attached hydrogens (tertiary/aromatic N) is 3. The summed E-state index contributed by atoms with van der Waals surface area (Å²) in [5.41, 5.74) is 3.18. The second-order valence-corrected chi connectivity index (χ2v) is 4.80. The average molecular weight is 265 g/mol.